The first-order valence-corrected chi connectivity index (χ1v) is 12.1. The number of rotatable bonds is 8. The van der Waals surface area contributed by atoms with Gasteiger partial charge in [0.25, 0.3) is 10.0 Å². The lowest BCUT2D eigenvalue weighted by Gasteiger charge is -2.32. The van der Waals surface area contributed by atoms with Crippen LogP contribution in [0.5, 0.6) is 0 Å². The molecule has 0 saturated carbocycles. The van der Waals surface area contributed by atoms with E-state index in [9.17, 15) is 13.2 Å². The predicted octanol–water partition coefficient (Wildman–Crippen LogP) is 0.894. The van der Waals surface area contributed by atoms with Gasteiger partial charge >= 0.3 is 0 Å². The molecule has 166 valence electrons. The number of hydrogen-bond donors (Lipinski definition) is 2. The molecule has 1 amide bonds. The number of sulfonamides is 1. The molecule has 2 aliphatic rings. The molecular weight excluding hydrogens is 402 g/mol. The van der Waals surface area contributed by atoms with Gasteiger partial charge in [0.15, 0.2) is 0 Å². The topological polar surface area (TPSA) is 94.1 Å². The van der Waals surface area contributed by atoms with Gasteiger partial charge in [-0.05, 0) is 44.5 Å². The van der Waals surface area contributed by atoms with Crippen LogP contribution < -0.4 is 10.0 Å². The summed E-state index contributed by atoms with van der Waals surface area (Å²) in [6, 6.07) is 6.05. The van der Waals surface area contributed by atoms with Gasteiger partial charge in [0.2, 0.25) is 5.91 Å². The summed E-state index contributed by atoms with van der Waals surface area (Å²) >= 11 is 0. The molecule has 2 aliphatic heterocycles. The lowest BCUT2D eigenvalue weighted by atomic mass is 10.0. The van der Waals surface area contributed by atoms with Gasteiger partial charge < -0.3 is 15.1 Å². The van der Waals surface area contributed by atoms with Gasteiger partial charge in [-0.15, -0.1) is 0 Å². The van der Waals surface area contributed by atoms with Gasteiger partial charge in [-0.2, -0.15) is 0 Å². The van der Waals surface area contributed by atoms with Crippen molar-refractivity contribution < 1.29 is 13.2 Å². The monoisotopic (exact) mass is 435 g/mol. The van der Waals surface area contributed by atoms with Gasteiger partial charge in [0.05, 0.1) is 4.90 Å². The van der Waals surface area contributed by atoms with Crippen LogP contribution in [-0.4, -0.2) is 82.3 Å². The Bertz CT molecular complexity index is 876. The molecule has 0 aliphatic carbocycles. The number of fused-ring (bicyclic) bond motifs is 1. The van der Waals surface area contributed by atoms with E-state index in [0.29, 0.717) is 12.1 Å². The fourth-order valence-corrected chi connectivity index (χ4v) is 4.97. The second kappa shape index (κ2) is 9.89. The van der Waals surface area contributed by atoms with Gasteiger partial charge in [-0.3, -0.25) is 14.5 Å². The van der Waals surface area contributed by atoms with Crippen LogP contribution in [0.2, 0.25) is 0 Å². The van der Waals surface area contributed by atoms with Crippen LogP contribution in [0.25, 0.3) is 0 Å². The third-order valence-electron chi connectivity index (χ3n) is 5.63. The van der Waals surface area contributed by atoms with E-state index in [1.54, 1.807) is 24.3 Å². The number of aliphatic imine (C=N–C) groups is 1. The molecule has 2 heterocycles. The quantitative estimate of drug-likeness (QED) is 0.592. The first-order valence-electron chi connectivity index (χ1n) is 10.7. The van der Waals surface area contributed by atoms with E-state index in [1.807, 2.05) is 13.8 Å². The fourth-order valence-electron chi connectivity index (χ4n) is 3.73. The summed E-state index contributed by atoms with van der Waals surface area (Å²) in [5.41, 5.74) is 0.517. The normalized spacial score (nSPS) is 21.4. The van der Waals surface area contributed by atoms with E-state index in [0.717, 1.165) is 45.6 Å². The van der Waals surface area contributed by atoms with E-state index in [-0.39, 0.29) is 22.6 Å². The van der Waals surface area contributed by atoms with Crippen LogP contribution in [0.1, 0.15) is 32.3 Å². The molecule has 0 aromatic heterocycles. The average Bonchev–Trinajstić information content (AvgIpc) is 2.97. The molecule has 9 heteroatoms. The summed E-state index contributed by atoms with van der Waals surface area (Å²) < 4.78 is 27.0. The first kappa shape index (κ1) is 22.7. The average molecular weight is 436 g/mol. The lowest BCUT2D eigenvalue weighted by molar-refractivity contribution is -0.123. The van der Waals surface area contributed by atoms with Crippen LogP contribution >= 0.6 is 0 Å². The Morgan fingerprint density at radius 1 is 1.17 bits per heavy atom. The van der Waals surface area contributed by atoms with Crippen molar-refractivity contribution >= 4 is 21.8 Å². The highest BCUT2D eigenvalue weighted by molar-refractivity contribution is 7.90. The molecule has 1 aromatic rings. The number of amidine groups is 1. The summed E-state index contributed by atoms with van der Waals surface area (Å²) in [5, 5.41) is 2.98. The number of hydrogen-bond acceptors (Lipinski definition) is 6. The summed E-state index contributed by atoms with van der Waals surface area (Å²) in [6.07, 6.45) is 1.95. The third kappa shape index (κ3) is 5.59. The Hall–Kier alpha value is -1.97. The van der Waals surface area contributed by atoms with Crippen LogP contribution in [0.4, 0.5) is 0 Å². The number of likely N-dealkylation sites (N-methyl/N-ethyl adjacent to an activating group) is 1. The molecule has 8 nitrogen and oxygen atoms in total. The fraction of sp³-hybridized carbons (Fsp3) is 0.619. The molecule has 0 radical (unpaired) electrons. The number of piperazine rings is 1. The molecule has 3 rings (SSSR count). The molecule has 1 fully saturated rings. The number of nitrogens with zero attached hydrogens (tertiary/aromatic N) is 3. The summed E-state index contributed by atoms with van der Waals surface area (Å²) in [6.45, 7) is 9.91. The molecular formula is C21H33N5O3S. The van der Waals surface area contributed by atoms with Crippen LogP contribution in [-0.2, 0) is 14.8 Å². The standard InChI is InChI=1S/C21H33N5O3S/c1-16(2)19(23-20-17-8-4-5-9-18(17)30(28,29)24-20)21(27)22-10-6-7-11-26-14-12-25(3)13-15-26/h4-5,8-9,16,19H,6-7,10-15H2,1-3H3,(H,22,27)(H,23,24)/t19-/m0/s1. The van der Waals surface area contributed by atoms with Gasteiger partial charge in [0.1, 0.15) is 11.9 Å². The van der Waals surface area contributed by atoms with Crippen molar-refractivity contribution in [2.45, 2.75) is 37.6 Å². The minimum absolute atomic E-state index is 0.0555. The van der Waals surface area contributed by atoms with Gasteiger partial charge in [0, 0.05) is 38.3 Å². The number of carbonyl (C=O) groups excluding carboxylic acids is 1. The van der Waals surface area contributed by atoms with Crippen LogP contribution in [0.15, 0.2) is 34.2 Å². The van der Waals surface area contributed by atoms with E-state index < -0.39 is 16.1 Å². The number of nitrogens with one attached hydrogen (secondary N) is 2. The Balaban J connectivity index is 1.53. The maximum atomic E-state index is 12.7. The Labute approximate surface area is 179 Å². The first-order chi connectivity index (χ1) is 14.3. The van der Waals surface area contributed by atoms with E-state index >= 15 is 0 Å². The molecule has 30 heavy (non-hydrogen) atoms. The van der Waals surface area contributed by atoms with E-state index in [4.69, 9.17) is 0 Å². The number of benzene rings is 1. The Morgan fingerprint density at radius 2 is 1.87 bits per heavy atom. The van der Waals surface area contributed by atoms with Crippen molar-refractivity contribution in [2.24, 2.45) is 10.9 Å². The minimum atomic E-state index is -3.61. The lowest BCUT2D eigenvalue weighted by Crippen LogP contribution is -2.44. The zero-order valence-electron chi connectivity index (χ0n) is 18.1. The number of unbranched alkanes of at least 4 members (excludes halogenated alkanes) is 1. The second-order valence-corrected chi connectivity index (χ2v) is 10.1. The van der Waals surface area contributed by atoms with E-state index in [1.165, 1.54) is 0 Å². The SMILES string of the molecule is CC(C)[C@H](N=C1NS(=O)(=O)c2ccccc21)C(=O)NCCCCN1CCN(C)CC1. The summed E-state index contributed by atoms with van der Waals surface area (Å²) in [4.78, 5) is 22.2. The minimum Gasteiger partial charge on any atom is -0.354 e. The highest BCUT2D eigenvalue weighted by Crippen LogP contribution is 2.23. The molecule has 1 saturated heterocycles. The number of carbonyl (C=O) groups is 1. The zero-order valence-corrected chi connectivity index (χ0v) is 18.9. The van der Waals surface area contributed by atoms with Gasteiger partial charge in [-0.1, -0.05) is 26.0 Å². The maximum Gasteiger partial charge on any atom is 0.263 e. The molecule has 0 spiro atoms. The third-order valence-corrected chi connectivity index (χ3v) is 7.02. The van der Waals surface area contributed by atoms with Gasteiger partial charge in [-0.25, -0.2) is 8.42 Å². The Kier molecular flexibility index (Phi) is 7.49. The highest BCUT2D eigenvalue weighted by atomic mass is 32.2. The zero-order chi connectivity index (χ0) is 21.7. The summed E-state index contributed by atoms with van der Waals surface area (Å²) in [7, 11) is -1.46. The number of amides is 1. The van der Waals surface area contributed by atoms with Crippen LogP contribution in [0.3, 0.4) is 0 Å². The predicted molar refractivity (Wildman–Crippen MR) is 118 cm³/mol. The smallest absolute Gasteiger partial charge is 0.263 e. The highest BCUT2D eigenvalue weighted by Gasteiger charge is 2.32. The maximum absolute atomic E-state index is 12.7. The van der Waals surface area contributed by atoms with Crippen molar-refractivity contribution in [1.29, 1.82) is 0 Å². The van der Waals surface area contributed by atoms with Crippen molar-refractivity contribution in [2.75, 3.05) is 46.3 Å². The largest absolute Gasteiger partial charge is 0.354 e. The molecule has 2 N–H and O–H groups in total. The van der Waals surface area contributed by atoms with E-state index in [2.05, 4.69) is 31.9 Å². The van der Waals surface area contributed by atoms with Crippen molar-refractivity contribution in [3.05, 3.63) is 29.8 Å². The van der Waals surface area contributed by atoms with Crippen molar-refractivity contribution in [3.8, 4) is 0 Å². The molecule has 1 atom stereocenters. The Morgan fingerprint density at radius 3 is 2.57 bits per heavy atom. The molecule has 0 unspecified atom stereocenters. The van der Waals surface area contributed by atoms with Crippen LogP contribution in [0, 0.1) is 5.92 Å². The summed E-state index contributed by atoms with van der Waals surface area (Å²) in [5.74, 6) is 0.0234. The second-order valence-electron chi connectivity index (χ2n) is 8.41. The molecule has 0 bridgehead atoms. The van der Waals surface area contributed by atoms with Crippen molar-refractivity contribution in [1.82, 2.24) is 19.8 Å². The molecule has 1 aromatic carbocycles. The van der Waals surface area contributed by atoms with Crippen molar-refractivity contribution in [3.63, 3.8) is 0 Å².